The Morgan fingerprint density at radius 1 is 1.00 bits per heavy atom. The quantitative estimate of drug-likeness (QED) is 0.510. The molecule has 1 aromatic rings. The van der Waals surface area contributed by atoms with Gasteiger partial charge in [0.25, 0.3) is 11.8 Å². The zero-order valence-corrected chi connectivity index (χ0v) is 15.9. The van der Waals surface area contributed by atoms with Gasteiger partial charge in [0.15, 0.2) is 6.61 Å². The summed E-state index contributed by atoms with van der Waals surface area (Å²) in [6.07, 6.45) is -0.00281. The van der Waals surface area contributed by atoms with Crippen LogP contribution >= 0.6 is 0 Å². The Morgan fingerprint density at radius 2 is 1.65 bits per heavy atom. The minimum absolute atomic E-state index is 0.00281. The first-order valence-corrected chi connectivity index (χ1v) is 8.54. The molecule has 26 heavy (non-hydrogen) atoms. The van der Waals surface area contributed by atoms with Gasteiger partial charge in [0.1, 0.15) is 0 Å². The van der Waals surface area contributed by atoms with Crippen molar-refractivity contribution in [2.24, 2.45) is 0 Å². The fourth-order valence-electron chi connectivity index (χ4n) is 2.06. The van der Waals surface area contributed by atoms with E-state index in [-0.39, 0.29) is 30.9 Å². The van der Waals surface area contributed by atoms with Crippen molar-refractivity contribution in [3.8, 4) is 0 Å². The standard InChI is InChI=1S/C19H28N2O5/c1-19(2,3)15-7-5-14(6-8-15)18(24)21-10-9-17(23)26-13-16(22)20-11-12-25-4/h5-8H,9-13H2,1-4H3,(H,20,22)(H,21,24). The van der Waals surface area contributed by atoms with Crippen LogP contribution in [0.15, 0.2) is 24.3 Å². The van der Waals surface area contributed by atoms with E-state index in [1.165, 1.54) is 7.11 Å². The van der Waals surface area contributed by atoms with Crippen molar-refractivity contribution in [2.45, 2.75) is 32.6 Å². The third-order valence-electron chi connectivity index (χ3n) is 3.62. The molecule has 0 saturated heterocycles. The molecule has 0 saturated carbocycles. The minimum atomic E-state index is -0.546. The molecule has 0 aliphatic carbocycles. The Balaban J connectivity index is 2.28. The lowest BCUT2D eigenvalue weighted by atomic mass is 9.87. The van der Waals surface area contributed by atoms with Gasteiger partial charge < -0.3 is 20.1 Å². The minimum Gasteiger partial charge on any atom is -0.456 e. The zero-order chi connectivity index (χ0) is 19.6. The summed E-state index contributed by atoms with van der Waals surface area (Å²) in [5.74, 6) is -1.19. The summed E-state index contributed by atoms with van der Waals surface area (Å²) < 4.78 is 9.62. The Morgan fingerprint density at radius 3 is 2.23 bits per heavy atom. The maximum atomic E-state index is 12.1. The summed E-state index contributed by atoms with van der Waals surface area (Å²) >= 11 is 0. The molecule has 0 aliphatic heterocycles. The normalized spacial score (nSPS) is 10.9. The van der Waals surface area contributed by atoms with E-state index in [9.17, 15) is 14.4 Å². The van der Waals surface area contributed by atoms with Gasteiger partial charge in [-0.25, -0.2) is 0 Å². The largest absolute Gasteiger partial charge is 0.456 e. The van der Waals surface area contributed by atoms with E-state index in [0.717, 1.165) is 5.56 Å². The van der Waals surface area contributed by atoms with Crippen LogP contribution in [0.5, 0.6) is 0 Å². The number of rotatable bonds is 9. The average molecular weight is 364 g/mol. The monoisotopic (exact) mass is 364 g/mol. The van der Waals surface area contributed by atoms with Crippen LogP contribution in [0.4, 0.5) is 0 Å². The lowest BCUT2D eigenvalue weighted by Gasteiger charge is -2.19. The lowest BCUT2D eigenvalue weighted by Crippen LogP contribution is -2.32. The van der Waals surface area contributed by atoms with Crippen molar-refractivity contribution in [3.05, 3.63) is 35.4 Å². The van der Waals surface area contributed by atoms with Crippen molar-refractivity contribution < 1.29 is 23.9 Å². The summed E-state index contributed by atoms with van der Waals surface area (Å²) in [5.41, 5.74) is 1.69. The first-order chi connectivity index (χ1) is 12.2. The molecule has 1 rings (SSSR count). The molecule has 0 aromatic heterocycles. The van der Waals surface area contributed by atoms with Crippen molar-refractivity contribution >= 4 is 17.8 Å². The number of ether oxygens (including phenoxy) is 2. The van der Waals surface area contributed by atoms with Crippen LogP contribution in [0.2, 0.25) is 0 Å². The highest BCUT2D eigenvalue weighted by Gasteiger charge is 2.14. The molecule has 0 fully saturated rings. The molecule has 0 unspecified atom stereocenters. The third kappa shape index (κ3) is 8.11. The summed E-state index contributed by atoms with van der Waals surface area (Å²) in [5, 5.41) is 5.20. The topological polar surface area (TPSA) is 93.7 Å². The number of amides is 2. The number of carbonyl (C=O) groups is 3. The summed E-state index contributed by atoms with van der Waals surface area (Å²) in [6, 6.07) is 7.37. The molecule has 2 N–H and O–H groups in total. The average Bonchev–Trinajstić information content (AvgIpc) is 2.59. The van der Waals surface area contributed by atoms with Gasteiger partial charge in [-0.15, -0.1) is 0 Å². The lowest BCUT2D eigenvalue weighted by molar-refractivity contribution is -0.148. The van der Waals surface area contributed by atoms with Crippen LogP contribution in [-0.4, -0.2) is 51.2 Å². The number of hydrogen-bond acceptors (Lipinski definition) is 5. The fraction of sp³-hybridized carbons (Fsp3) is 0.526. The highest BCUT2D eigenvalue weighted by Crippen LogP contribution is 2.22. The van der Waals surface area contributed by atoms with E-state index in [1.54, 1.807) is 12.1 Å². The Labute approximate surface area is 154 Å². The van der Waals surface area contributed by atoms with E-state index >= 15 is 0 Å². The highest BCUT2D eigenvalue weighted by molar-refractivity contribution is 5.94. The number of benzene rings is 1. The van der Waals surface area contributed by atoms with E-state index in [4.69, 9.17) is 9.47 Å². The predicted octanol–water partition coefficient (Wildman–Crippen LogP) is 1.41. The molecule has 0 aliphatic rings. The summed E-state index contributed by atoms with van der Waals surface area (Å²) in [6.45, 7) is 6.86. The SMILES string of the molecule is COCCNC(=O)COC(=O)CCNC(=O)c1ccc(C(C)(C)C)cc1. The zero-order valence-electron chi connectivity index (χ0n) is 15.9. The Kier molecular flexibility index (Phi) is 8.78. The molecule has 1 aromatic carbocycles. The third-order valence-corrected chi connectivity index (χ3v) is 3.62. The number of hydrogen-bond donors (Lipinski definition) is 2. The molecule has 0 bridgehead atoms. The number of methoxy groups -OCH3 is 1. The number of carbonyl (C=O) groups excluding carboxylic acids is 3. The molecule has 7 nitrogen and oxygen atoms in total. The Bertz CT molecular complexity index is 605. The highest BCUT2D eigenvalue weighted by atomic mass is 16.5. The molecular weight excluding hydrogens is 336 g/mol. The van der Waals surface area contributed by atoms with Crippen molar-refractivity contribution in [2.75, 3.05) is 33.4 Å². The van der Waals surface area contributed by atoms with Gasteiger partial charge in [-0.2, -0.15) is 0 Å². The predicted molar refractivity (Wildman–Crippen MR) is 97.9 cm³/mol. The van der Waals surface area contributed by atoms with Gasteiger partial charge in [-0.1, -0.05) is 32.9 Å². The summed E-state index contributed by atoms with van der Waals surface area (Å²) in [4.78, 5) is 35.0. The molecule has 7 heteroatoms. The van der Waals surface area contributed by atoms with Crippen LogP contribution in [0.1, 0.15) is 43.1 Å². The van der Waals surface area contributed by atoms with Gasteiger partial charge in [-0.05, 0) is 23.1 Å². The first kappa shape index (κ1) is 21.6. The van der Waals surface area contributed by atoms with Crippen molar-refractivity contribution in [1.82, 2.24) is 10.6 Å². The molecule has 0 radical (unpaired) electrons. The second-order valence-electron chi connectivity index (χ2n) is 6.84. The van der Waals surface area contributed by atoms with Crippen molar-refractivity contribution in [1.29, 1.82) is 0 Å². The first-order valence-electron chi connectivity index (χ1n) is 8.54. The molecule has 144 valence electrons. The molecular formula is C19H28N2O5. The van der Waals surface area contributed by atoms with E-state index in [2.05, 4.69) is 31.4 Å². The number of nitrogens with one attached hydrogen (secondary N) is 2. The van der Waals surface area contributed by atoms with E-state index in [1.807, 2.05) is 12.1 Å². The van der Waals surface area contributed by atoms with E-state index in [0.29, 0.717) is 18.7 Å². The van der Waals surface area contributed by atoms with Crippen molar-refractivity contribution in [3.63, 3.8) is 0 Å². The smallest absolute Gasteiger partial charge is 0.308 e. The Hall–Kier alpha value is -2.41. The number of esters is 1. The van der Waals surface area contributed by atoms with Crippen LogP contribution < -0.4 is 10.6 Å². The fourth-order valence-corrected chi connectivity index (χ4v) is 2.06. The maximum absolute atomic E-state index is 12.1. The van der Waals surface area contributed by atoms with Gasteiger partial charge in [0, 0.05) is 25.8 Å². The van der Waals surface area contributed by atoms with Gasteiger partial charge in [0.2, 0.25) is 0 Å². The molecule has 0 spiro atoms. The molecule has 0 atom stereocenters. The van der Waals surface area contributed by atoms with E-state index < -0.39 is 11.9 Å². The van der Waals surface area contributed by atoms with Crippen LogP contribution in [0.3, 0.4) is 0 Å². The van der Waals surface area contributed by atoms with Crippen LogP contribution in [0.25, 0.3) is 0 Å². The van der Waals surface area contributed by atoms with Gasteiger partial charge in [0.05, 0.1) is 13.0 Å². The van der Waals surface area contributed by atoms with Crippen LogP contribution in [0, 0.1) is 0 Å². The molecule has 0 heterocycles. The van der Waals surface area contributed by atoms with Gasteiger partial charge in [-0.3, -0.25) is 14.4 Å². The summed E-state index contributed by atoms with van der Waals surface area (Å²) in [7, 11) is 1.53. The second kappa shape index (κ2) is 10.6. The van der Waals surface area contributed by atoms with Crippen LogP contribution in [-0.2, 0) is 24.5 Å². The van der Waals surface area contributed by atoms with Gasteiger partial charge >= 0.3 is 5.97 Å². The molecule has 2 amide bonds. The second-order valence-corrected chi connectivity index (χ2v) is 6.84. The maximum Gasteiger partial charge on any atom is 0.308 e.